The van der Waals surface area contributed by atoms with E-state index in [1.54, 1.807) is 37.4 Å². The maximum atomic E-state index is 12.4. The first-order valence-electron chi connectivity index (χ1n) is 6.44. The van der Waals surface area contributed by atoms with Gasteiger partial charge in [0.05, 0.1) is 4.90 Å². The van der Waals surface area contributed by atoms with Crippen molar-refractivity contribution in [2.45, 2.75) is 23.8 Å². The lowest BCUT2D eigenvalue weighted by atomic mass is 10.1. The first-order chi connectivity index (χ1) is 9.43. The SMILES string of the molecule is CN(C1CCN(C(=O)O)CC1)S(=O)(=O)c1ccccc1. The average molecular weight is 298 g/mol. The molecule has 0 saturated carbocycles. The third-order valence-electron chi connectivity index (χ3n) is 3.67. The number of likely N-dealkylation sites (tertiary alicyclic amines) is 1. The Balaban J connectivity index is 2.09. The van der Waals surface area contributed by atoms with E-state index in [-0.39, 0.29) is 10.9 Å². The first kappa shape index (κ1) is 14.8. The molecule has 1 aliphatic rings. The number of sulfonamides is 1. The number of carboxylic acid groups (broad SMARTS) is 1. The molecule has 2 rings (SSSR count). The van der Waals surface area contributed by atoms with Gasteiger partial charge in [0.25, 0.3) is 0 Å². The number of hydrogen-bond acceptors (Lipinski definition) is 3. The van der Waals surface area contributed by atoms with E-state index in [0.717, 1.165) is 0 Å². The summed E-state index contributed by atoms with van der Waals surface area (Å²) in [4.78, 5) is 12.4. The van der Waals surface area contributed by atoms with Crippen LogP contribution in [0.4, 0.5) is 4.79 Å². The van der Waals surface area contributed by atoms with Gasteiger partial charge in [0.1, 0.15) is 0 Å². The molecule has 6 nitrogen and oxygen atoms in total. The van der Waals surface area contributed by atoms with E-state index >= 15 is 0 Å². The van der Waals surface area contributed by atoms with Crippen LogP contribution in [0.1, 0.15) is 12.8 Å². The number of hydrogen-bond donors (Lipinski definition) is 1. The molecular formula is C13H18N2O4S. The van der Waals surface area contributed by atoms with E-state index < -0.39 is 16.1 Å². The van der Waals surface area contributed by atoms with Crippen molar-refractivity contribution in [2.24, 2.45) is 0 Å². The molecule has 1 fully saturated rings. The van der Waals surface area contributed by atoms with Crippen LogP contribution in [0.15, 0.2) is 35.2 Å². The molecule has 1 aliphatic heterocycles. The Morgan fingerprint density at radius 1 is 1.25 bits per heavy atom. The number of nitrogens with zero attached hydrogens (tertiary/aromatic N) is 2. The predicted octanol–water partition coefficient (Wildman–Crippen LogP) is 1.45. The van der Waals surface area contributed by atoms with Crippen LogP contribution in [0.3, 0.4) is 0 Å². The standard InChI is InChI=1S/C13H18N2O4S/c1-14(11-7-9-15(10-8-11)13(16)17)20(18,19)12-5-3-2-4-6-12/h2-6,11H,7-10H2,1H3,(H,16,17). The van der Waals surface area contributed by atoms with Gasteiger partial charge < -0.3 is 10.0 Å². The minimum absolute atomic E-state index is 0.157. The molecule has 1 aromatic carbocycles. The molecule has 0 unspecified atom stereocenters. The number of piperidine rings is 1. The number of rotatable bonds is 3. The van der Waals surface area contributed by atoms with Gasteiger partial charge in [-0.15, -0.1) is 0 Å². The van der Waals surface area contributed by atoms with Gasteiger partial charge in [-0.05, 0) is 25.0 Å². The Kier molecular flexibility index (Phi) is 4.29. The van der Waals surface area contributed by atoms with Crippen LogP contribution in [0, 0.1) is 0 Å². The van der Waals surface area contributed by atoms with E-state index in [1.807, 2.05) is 0 Å². The molecule has 1 heterocycles. The van der Waals surface area contributed by atoms with Gasteiger partial charge in [-0.1, -0.05) is 18.2 Å². The summed E-state index contributed by atoms with van der Waals surface area (Å²) in [7, 11) is -1.95. The molecular weight excluding hydrogens is 280 g/mol. The van der Waals surface area contributed by atoms with E-state index in [0.29, 0.717) is 25.9 Å². The van der Waals surface area contributed by atoms with Crippen LogP contribution >= 0.6 is 0 Å². The van der Waals surface area contributed by atoms with Crippen molar-refractivity contribution in [3.8, 4) is 0 Å². The van der Waals surface area contributed by atoms with Crippen LogP contribution in [0.2, 0.25) is 0 Å². The second-order valence-electron chi connectivity index (χ2n) is 4.84. The Bertz CT molecular complexity index is 565. The van der Waals surface area contributed by atoms with Gasteiger partial charge in [-0.2, -0.15) is 4.31 Å². The fourth-order valence-corrected chi connectivity index (χ4v) is 3.81. The minimum atomic E-state index is -3.51. The molecule has 0 atom stereocenters. The first-order valence-corrected chi connectivity index (χ1v) is 7.88. The van der Waals surface area contributed by atoms with Gasteiger partial charge in [-0.25, -0.2) is 13.2 Å². The molecule has 0 spiro atoms. The Hall–Kier alpha value is -1.60. The van der Waals surface area contributed by atoms with Crippen molar-refractivity contribution in [1.82, 2.24) is 9.21 Å². The molecule has 1 N–H and O–H groups in total. The molecule has 0 aliphatic carbocycles. The second-order valence-corrected chi connectivity index (χ2v) is 6.83. The van der Waals surface area contributed by atoms with Crippen LogP contribution in [0.5, 0.6) is 0 Å². The summed E-state index contributed by atoms with van der Waals surface area (Å²) in [5.74, 6) is 0. The molecule has 0 aromatic heterocycles. The lowest BCUT2D eigenvalue weighted by Crippen LogP contribution is -2.46. The summed E-state index contributed by atoms with van der Waals surface area (Å²) in [6.45, 7) is 0.739. The molecule has 0 bridgehead atoms. The molecule has 20 heavy (non-hydrogen) atoms. The Morgan fingerprint density at radius 2 is 1.80 bits per heavy atom. The monoisotopic (exact) mass is 298 g/mol. The number of amides is 1. The molecule has 1 amide bonds. The summed E-state index contributed by atoms with van der Waals surface area (Å²) >= 11 is 0. The van der Waals surface area contributed by atoms with Gasteiger partial charge in [0.15, 0.2) is 0 Å². The van der Waals surface area contributed by atoms with Crippen molar-refractivity contribution in [1.29, 1.82) is 0 Å². The predicted molar refractivity (Wildman–Crippen MR) is 74.0 cm³/mol. The molecule has 1 saturated heterocycles. The van der Waals surface area contributed by atoms with Crippen LogP contribution in [0.25, 0.3) is 0 Å². The molecule has 7 heteroatoms. The largest absolute Gasteiger partial charge is 0.465 e. The fourth-order valence-electron chi connectivity index (χ4n) is 2.38. The average Bonchev–Trinajstić information content (AvgIpc) is 2.47. The zero-order chi connectivity index (χ0) is 14.8. The normalized spacial score (nSPS) is 17.4. The molecule has 1 aromatic rings. The summed E-state index contributed by atoms with van der Waals surface area (Å²) in [6, 6.07) is 8.12. The highest BCUT2D eigenvalue weighted by Gasteiger charge is 2.31. The summed E-state index contributed by atoms with van der Waals surface area (Å²) in [5.41, 5.74) is 0. The Morgan fingerprint density at radius 3 is 2.30 bits per heavy atom. The van der Waals surface area contributed by atoms with Crippen molar-refractivity contribution >= 4 is 16.1 Å². The minimum Gasteiger partial charge on any atom is -0.465 e. The third kappa shape index (κ3) is 2.94. The summed E-state index contributed by atoms with van der Waals surface area (Å²) in [5, 5.41) is 8.90. The highest BCUT2D eigenvalue weighted by Crippen LogP contribution is 2.22. The lowest BCUT2D eigenvalue weighted by Gasteiger charge is -2.34. The fraction of sp³-hybridized carbons (Fsp3) is 0.462. The summed E-state index contributed by atoms with van der Waals surface area (Å²) < 4.78 is 26.2. The van der Waals surface area contributed by atoms with Crippen molar-refractivity contribution in [3.05, 3.63) is 30.3 Å². The number of benzene rings is 1. The van der Waals surface area contributed by atoms with E-state index in [2.05, 4.69) is 0 Å². The highest BCUT2D eigenvalue weighted by molar-refractivity contribution is 7.89. The van der Waals surface area contributed by atoms with Crippen LogP contribution < -0.4 is 0 Å². The molecule has 0 radical (unpaired) electrons. The maximum Gasteiger partial charge on any atom is 0.407 e. The topological polar surface area (TPSA) is 77.9 Å². The Labute approximate surface area is 118 Å². The van der Waals surface area contributed by atoms with Gasteiger partial charge in [-0.3, -0.25) is 0 Å². The van der Waals surface area contributed by atoms with Crippen molar-refractivity contribution in [2.75, 3.05) is 20.1 Å². The number of carbonyl (C=O) groups is 1. The van der Waals surface area contributed by atoms with Crippen molar-refractivity contribution < 1.29 is 18.3 Å². The van der Waals surface area contributed by atoms with Gasteiger partial charge in [0, 0.05) is 26.2 Å². The lowest BCUT2D eigenvalue weighted by molar-refractivity contribution is 0.121. The van der Waals surface area contributed by atoms with Crippen molar-refractivity contribution in [3.63, 3.8) is 0 Å². The molecule has 110 valence electrons. The van der Waals surface area contributed by atoms with Crippen LogP contribution in [-0.4, -0.2) is 55.0 Å². The van der Waals surface area contributed by atoms with Gasteiger partial charge in [0.2, 0.25) is 10.0 Å². The zero-order valence-corrected chi connectivity index (χ0v) is 12.1. The quantitative estimate of drug-likeness (QED) is 0.916. The van der Waals surface area contributed by atoms with E-state index in [1.165, 1.54) is 9.21 Å². The highest BCUT2D eigenvalue weighted by atomic mass is 32.2. The third-order valence-corrected chi connectivity index (χ3v) is 5.59. The van der Waals surface area contributed by atoms with Crippen LogP contribution in [-0.2, 0) is 10.0 Å². The summed E-state index contributed by atoms with van der Waals surface area (Å²) in [6.07, 6.45) is 0.0982. The second kappa shape index (κ2) is 5.80. The zero-order valence-electron chi connectivity index (χ0n) is 11.3. The van der Waals surface area contributed by atoms with Gasteiger partial charge >= 0.3 is 6.09 Å². The smallest absolute Gasteiger partial charge is 0.407 e. The van der Waals surface area contributed by atoms with E-state index in [4.69, 9.17) is 5.11 Å². The van der Waals surface area contributed by atoms with E-state index in [9.17, 15) is 13.2 Å². The maximum absolute atomic E-state index is 12.4.